The average Bonchev–Trinajstić information content (AvgIpc) is 3.37. The molecular formula is C29H31N7O3. The van der Waals surface area contributed by atoms with Gasteiger partial charge in [0.2, 0.25) is 11.9 Å². The lowest BCUT2D eigenvalue weighted by Gasteiger charge is -2.29. The van der Waals surface area contributed by atoms with Crippen LogP contribution in [0.4, 0.5) is 23.0 Å². The number of nitrogens with one attached hydrogen (secondary N) is 2. The van der Waals surface area contributed by atoms with Gasteiger partial charge in [-0.05, 0) is 55.7 Å². The summed E-state index contributed by atoms with van der Waals surface area (Å²) in [4.78, 5) is 23.7. The van der Waals surface area contributed by atoms with E-state index in [1.807, 2.05) is 41.1 Å². The Bertz CT molecular complexity index is 1490. The van der Waals surface area contributed by atoms with Crippen molar-refractivity contribution in [3.05, 3.63) is 67.4 Å². The van der Waals surface area contributed by atoms with E-state index < -0.39 is 0 Å². The quantitative estimate of drug-likeness (QED) is 0.328. The second-order valence-electron chi connectivity index (χ2n) is 9.59. The smallest absolute Gasteiger partial charge is 0.247 e. The molecule has 1 unspecified atom stereocenters. The summed E-state index contributed by atoms with van der Waals surface area (Å²) in [7, 11) is 0. The SMILES string of the molecule is C=CC(=O)Nc1cccc(-c2nn(C3CCCCO3)c3nc(Nc4cccc(N5CCOCC5)c4)ncc23)c1. The van der Waals surface area contributed by atoms with E-state index in [1.54, 1.807) is 6.20 Å². The number of fused-ring (bicyclic) bond motifs is 1. The molecule has 1 amide bonds. The maximum atomic E-state index is 11.8. The monoisotopic (exact) mass is 525 g/mol. The molecule has 4 aromatic rings. The van der Waals surface area contributed by atoms with Gasteiger partial charge in [-0.3, -0.25) is 4.79 Å². The number of rotatable bonds is 7. The van der Waals surface area contributed by atoms with Crippen molar-refractivity contribution in [3.63, 3.8) is 0 Å². The number of hydrogen-bond donors (Lipinski definition) is 2. The van der Waals surface area contributed by atoms with Gasteiger partial charge in [-0.2, -0.15) is 10.1 Å². The number of morpholine rings is 1. The van der Waals surface area contributed by atoms with Crippen molar-refractivity contribution in [2.75, 3.05) is 48.4 Å². The predicted octanol–water partition coefficient (Wildman–Crippen LogP) is 4.90. The Hall–Kier alpha value is -4.28. The first-order valence-corrected chi connectivity index (χ1v) is 13.3. The largest absolute Gasteiger partial charge is 0.378 e. The number of carbonyl (C=O) groups is 1. The van der Waals surface area contributed by atoms with Gasteiger partial charge in [0.05, 0.1) is 18.6 Å². The highest BCUT2D eigenvalue weighted by Crippen LogP contribution is 2.33. The Morgan fingerprint density at radius 3 is 2.72 bits per heavy atom. The molecule has 10 nitrogen and oxygen atoms in total. The molecule has 0 saturated carbocycles. The van der Waals surface area contributed by atoms with Crippen LogP contribution in [0, 0.1) is 0 Å². The van der Waals surface area contributed by atoms with Crippen molar-refractivity contribution in [3.8, 4) is 11.3 Å². The van der Waals surface area contributed by atoms with Crippen LogP contribution in [-0.2, 0) is 14.3 Å². The molecule has 2 aliphatic heterocycles. The molecule has 200 valence electrons. The van der Waals surface area contributed by atoms with E-state index in [4.69, 9.17) is 19.6 Å². The molecule has 1 atom stereocenters. The van der Waals surface area contributed by atoms with Crippen LogP contribution in [0.1, 0.15) is 25.5 Å². The number of hydrogen-bond acceptors (Lipinski definition) is 8. The van der Waals surface area contributed by atoms with Gasteiger partial charge in [-0.15, -0.1) is 0 Å². The number of amides is 1. The highest BCUT2D eigenvalue weighted by Gasteiger charge is 2.24. The lowest BCUT2D eigenvalue weighted by Crippen LogP contribution is -2.36. The van der Waals surface area contributed by atoms with E-state index in [2.05, 4.69) is 39.2 Å². The number of aromatic nitrogens is 4. The third-order valence-electron chi connectivity index (χ3n) is 6.94. The van der Waals surface area contributed by atoms with Crippen LogP contribution in [-0.4, -0.2) is 58.6 Å². The van der Waals surface area contributed by atoms with E-state index in [0.29, 0.717) is 23.9 Å². The Kier molecular flexibility index (Phi) is 7.20. The molecule has 2 saturated heterocycles. The highest BCUT2D eigenvalue weighted by molar-refractivity contribution is 6.00. The number of carbonyl (C=O) groups excluding carboxylic acids is 1. The second kappa shape index (κ2) is 11.2. The second-order valence-corrected chi connectivity index (χ2v) is 9.59. The first-order chi connectivity index (χ1) is 19.2. The third kappa shape index (κ3) is 5.47. The van der Waals surface area contributed by atoms with E-state index in [0.717, 1.165) is 73.6 Å². The average molecular weight is 526 g/mol. The Labute approximate surface area is 226 Å². The molecule has 0 aliphatic carbocycles. The minimum absolute atomic E-state index is 0.203. The Balaban J connectivity index is 1.35. The van der Waals surface area contributed by atoms with Gasteiger partial charge >= 0.3 is 0 Å². The first-order valence-electron chi connectivity index (χ1n) is 13.3. The molecule has 0 radical (unpaired) electrons. The molecule has 10 heteroatoms. The van der Waals surface area contributed by atoms with Crippen LogP contribution < -0.4 is 15.5 Å². The van der Waals surface area contributed by atoms with Gasteiger partial charge in [-0.1, -0.05) is 24.8 Å². The van der Waals surface area contributed by atoms with Crippen molar-refractivity contribution in [2.24, 2.45) is 0 Å². The summed E-state index contributed by atoms with van der Waals surface area (Å²) >= 11 is 0. The van der Waals surface area contributed by atoms with Crippen molar-refractivity contribution >= 4 is 40.0 Å². The molecule has 0 spiro atoms. The lowest BCUT2D eigenvalue weighted by atomic mass is 10.1. The summed E-state index contributed by atoms with van der Waals surface area (Å²) in [6.07, 6.45) is 5.80. The topological polar surface area (TPSA) is 106 Å². The normalized spacial score (nSPS) is 17.6. The van der Waals surface area contributed by atoms with Gasteiger partial charge in [0.25, 0.3) is 0 Å². The molecule has 39 heavy (non-hydrogen) atoms. The first kappa shape index (κ1) is 25.0. The highest BCUT2D eigenvalue weighted by atomic mass is 16.5. The summed E-state index contributed by atoms with van der Waals surface area (Å²) < 4.78 is 13.5. The zero-order valence-corrected chi connectivity index (χ0v) is 21.7. The number of benzene rings is 2. The molecule has 4 heterocycles. The predicted molar refractivity (Wildman–Crippen MR) is 151 cm³/mol. The van der Waals surface area contributed by atoms with Crippen molar-refractivity contribution in [2.45, 2.75) is 25.5 Å². The van der Waals surface area contributed by atoms with Crippen LogP contribution in [0.2, 0.25) is 0 Å². The standard InChI is InChI=1S/C29H31N7O3/c1-2-25(37)31-21-8-5-7-20(17-21)27-24-19-30-29(33-28(24)36(34-27)26-11-3-4-14-39-26)32-22-9-6-10-23(18-22)35-12-15-38-16-13-35/h2,5-10,17-19,26H,1,3-4,11-16H2,(H,31,37)(H,30,32,33). The Morgan fingerprint density at radius 2 is 1.90 bits per heavy atom. The lowest BCUT2D eigenvalue weighted by molar-refractivity contribution is -0.111. The van der Waals surface area contributed by atoms with Gasteiger partial charge in [0, 0.05) is 48.5 Å². The zero-order chi connectivity index (χ0) is 26.6. The minimum atomic E-state index is -0.269. The molecular weight excluding hydrogens is 494 g/mol. The zero-order valence-electron chi connectivity index (χ0n) is 21.7. The summed E-state index contributed by atoms with van der Waals surface area (Å²) in [5.74, 6) is 0.215. The summed E-state index contributed by atoms with van der Waals surface area (Å²) in [6, 6.07) is 15.8. The summed E-state index contributed by atoms with van der Waals surface area (Å²) in [6.45, 7) is 7.42. The van der Waals surface area contributed by atoms with E-state index in [1.165, 1.54) is 6.08 Å². The molecule has 2 fully saturated rings. The number of ether oxygens (including phenoxy) is 2. The van der Waals surface area contributed by atoms with Crippen molar-refractivity contribution in [1.29, 1.82) is 0 Å². The van der Waals surface area contributed by atoms with Gasteiger partial charge in [0.1, 0.15) is 5.69 Å². The van der Waals surface area contributed by atoms with Gasteiger partial charge < -0.3 is 25.0 Å². The maximum Gasteiger partial charge on any atom is 0.247 e. The Morgan fingerprint density at radius 1 is 1.05 bits per heavy atom. The van der Waals surface area contributed by atoms with Crippen LogP contribution >= 0.6 is 0 Å². The molecule has 2 aromatic heterocycles. The van der Waals surface area contributed by atoms with Gasteiger partial charge in [-0.25, -0.2) is 9.67 Å². The van der Waals surface area contributed by atoms with Crippen LogP contribution in [0.3, 0.4) is 0 Å². The fourth-order valence-electron chi connectivity index (χ4n) is 4.98. The summed E-state index contributed by atoms with van der Waals surface area (Å²) in [5, 5.41) is 12.0. The molecule has 6 rings (SSSR count). The minimum Gasteiger partial charge on any atom is -0.378 e. The fourth-order valence-corrected chi connectivity index (χ4v) is 4.98. The van der Waals surface area contributed by atoms with Crippen LogP contribution in [0.25, 0.3) is 22.3 Å². The molecule has 2 N–H and O–H groups in total. The summed E-state index contributed by atoms with van der Waals surface area (Å²) in [5.41, 5.74) is 4.97. The number of nitrogens with zero attached hydrogens (tertiary/aromatic N) is 5. The number of anilines is 4. The van der Waals surface area contributed by atoms with Crippen molar-refractivity contribution in [1.82, 2.24) is 19.7 Å². The molecule has 2 aliphatic rings. The fraction of sp³-hybridized carbons (Fsp3) is 0.310. The molecule has 0 bridgehead atoms. The van der Waals surface area contributed by atoms with Gasteiger partial charge in [0.15, 0.2) is 11.9 Å². The van der Waals surface area contributed by atoms with E-state index in [-0.39, 0.29) is 12.1 Å². The van der Waals surface area contributed by atoms with Crippen molar-refractivity contribution < 1.29 is 14.3 Å². The maximum absolute atomic E-state index is 11.8. The van der Waals surface area contributed by atoms with Crippen LogP contribution in [0.15, 0.2) is 67.4 Å². The van der Waals surface area contributed by atoms with E-state index in [9.17, 15) is 4.79 Å². The third-order valence-corrected chi connectivity index (χ3v) is 6.94. The van der Waals surface area contributed by atoms with Crippen LogP contribution in [0.5, 0.6) is 0 Å². The molecule has 2 aromatic carbocycles. The van der Waals surface area contributed by atoms with E-state index >= 15 is 0 Å².